The van der Waals surface area contributed by atoms with E-state index in [2.05, 4.69) is 6.92 Å². The van der Waals surface area contributed by atoms with Crippen LogP contribution >= 0.6 is 11.6 Å². The van der Waals surface area contributed by atoms with E-state index in [1.165, 1.54) is 5.56 Å². The second-order valence-electron chi connectivity index (χ2n) is 3.38. The van der Waals surface area contributed by atoms with Crippen LogP contribution in [0.4, 0.5) is 0 Å². The lowest BCUT2D eigenvalue weighted by Crippen LogP contribution is -1.94. The van der Waals surface area contributed by atoms with Crippen LogP contribution < -0.4 is 0 Å². The molecule has 1 N–H and O–H groups in total. The van der Waals surface area contributed by atoms with Crippen molar-refractivity contribution in [1.82, 2.24) is 0 Å². The lowest BCUT2D eigenvalue weighted by atomic mass is 9.98. The fraction of sp³-hybridized carbons (Fsp3) is 0.455. The Morgan fingerprint density at radius 3 is 2.54 bits per heavy atom. The molecule has 0 aliphatic heterocycles. The van der Waals surface area contributed by atoms with E-state index >= 15 is 0 Å². The highest BCUT2D eigenvalue weighted by Crippen LogP contribution is 2.32. The molecule has 0 fully saturated rings. The Kier molecular flexibility index (Phi) is 3.21. The molecular weight excluding hydrogens is 184 g/mol. The monoisotopic (exact) mass is 198 g/mol. The molecule has 0 radical (unpaired) electrons. The van der Waals surface area contributed by atoms with Gasteiger partial charge in [-0.2, -0.15) is 0 Å². The zero-order chi connectivity index (χ0) is 10.0. The first-order valence-corrected chi connectivity index (χ1v) is 4.93. The van der Waals surface area contributed by atoms with Gasteiger partial charge in [-0.25, -0.2) is 0 Å². The summed E-state index contributed by atoms with van der Waals surface area (Å²) in [7, 11) is 0. The van der Waals surface area contributed by atoms with Gasteiger partial charge >= 0.3 is 0 Å². The number of aromatic hydroxyl groups is 1. The summed E-state index contributed by atoms with van der Waals surface area (Å²) in [6, 6.07) is 1.74. The van der Waals surface area contributed by atoms with Gasteiger partial charge in [0, 0.05) is 0 Å². The van der Waals surface area contributed by atoms with Crippen LogP contribution in [-0.4, -0.2) is 5.11 Å². The predicted molar refractivity (Wildman–Crippen MR) is 56.6 cm³/mol. The molecule has 1 aromatic rings. The average Bonchev–Trinajstić information content (AvgIpc) is 2.09. The Labute approximate surface area is 84.4 Å². The molecule has 0 aliphatic rings. The number of phenolic OH excluding ortho intramolecular Hbond substituents is 1. The van der Waals surface area contributed by atoms with Gasteiger partial charge in [0.25, 0.3) is 0 Å². The zero-order valence-electron chi connectivity index (χ0n) is 8.32. The first-order chi connectivity index (χ1) is 6.07. The molecular formula is C11H15ClO. The van der Waals surface area contributed by atoms with E-state index in [0.29, 0.717) is 5.02 Å². The van der Waals surface area contributed by atoms with Crippen LogP contribution in [0.2, 0.25) is 5.02 Å². The molecule has 0 amide bonds. The molecule has 1 rings (SSSR count). The van der Waals surface area contributed by atoms with Crippen molar-refractivity contribution in [1.29, 1.82) is 0 Å². The molecule has 0 bridgehead atoms. The van der Waals surface area contributed by atoms with Crippen molar-refractivity contribution in [2.75, 3.05) is 0 Å². The molecule has 0 aliphatic carbocycles. The number of hydrogen-bond donors (Lipinski definition) is 1. The summed E-state index contributed by atoms with van der Waals surface area (Å²) in [5, 5.41) is 9.94. The Morgan fingerprint density at radius 1 is 1.38 bits per heavy atom. The maximum atomic E-state index is 9.44. The molecule has 0 spiro atoms. The van der Waals surface area contributed by atoms with E-state index in [0.717, 1.165) is 24.0 Å². The number of rotatable bonds is 2. The maximum Gasteiger partial charge on any atom is 0.134 e. The minimum atomic E-state index is 0.191. The molecule has 72 valence electrons. The van der Waals surface area contributed by atoms with Gasteiger partial charge in [0.05, 0.1) is 5.02 Å². The van der Waals surface area contributed by atoms with Crippen molar-refractivity contribution in [3.63, 3.8) is 0 Å². The van der Waals surface area contributed by atoms with Crippen molar-refractivity contribution in [3.05, 3.63) is 27.8 Å². The van der Waals surface area contributed by atoms with Crippen molar-refractivity contribution in [2.45, 2.75) is 33.6 Å². The Bertz CT molecular complexity index is 318. The molecule has 2 heteroatoms. The number of aryl methyl sites for hydroxylation is 1. The van der Waals surface area contributed by atoms with Crippen LogP contribution in [0.3, 0.4) is 0 Å². The number of benzene rings is 1. The molecule has 0 saturated carbocycles. The molecule has 13 heavy (non-hydrogen) atoms. The Balaban J connectivity index is 3.26. The topological polar surface area (TPSA) is 20.2 Å². The van der Waals surface area contributed by atoms with Gasteiger partial charge in [-0.3, -0.25) is 0 Å². The van der Waals surface area contributed by atoms with E-state index in [1.54, 1.807) is 6.07 Å². The van der Waals surface area contributed by atoms with Crippen LogP contribution in [0.5, 0.6) is 5.75 Å². The molecule has 0 heterocycles. The molecule has 1 nitrogen and oxygen atoms in total. The molecule has 1 aromatic carbocycles. The summed E-state index contributed by atoms with van der Waals surface area (Å²) < 4.78 is 0. The number of halogens is 1. The first-order valence-electron chi connectivity index (χ1n) is 4.55. The van der Waals surface area contributed by atoms with Gasteiger partial charge in [0.15, 0.2) is 0 Å². The summed E-state index contributed by atoms with van der Waals surface area (Å²) in [4.78, 5) is 0. The Morgan fingerprint density at radius 2 is 2.00 bits per heavy atom. The van der Waals surface area contributed by atoms with Gasteiger partial charge < -0.3 is 5.11 Å². The summed E-state index contributed by atoms with van der Waals surface area (Å²) in [5.41, 5.74) is 3.41. The molecule has 0 saturated heterocycles. The highest BCUT2D eigenvalue weighted by Gasteiger charge is 2.09. The van der Waals surface area contributed by atoms with Crippen LogP contribution in [0, 0.1) is 13.8 Å². The summed E-state index contributed by atoms with van der Waals surface area (Å²) in [6.45, 7) is 6.10. The third-order valence-corrected chi connectivity index (χ3v) is 2.81. The molecule has 0 aromatic heterocycles. The maximum absolute atomic E-state index is 9.44. The first kappa shape index (κ1) is 10.4. The molecule has 0 atom stereocenters. The summed E-state index contributed by atoms with van der Waals surface area (Å²) in [6.07, 6.45) is 2.13. The van der Waals surface area contributed by atoms with Crippen LogP contribution in [0.1, 0.15) is 30.0 Å². The van der Waals surface area contributed by atoms with Crippen LogP contribution in [0.15, 0.2) is 6.07 Å². The zero-order valence-corrected chi connectivity index (χ0v) is 9.07. The van der Waals surface area contributed by atoms with Gasteiger partial charge in [0.1, 0.15) is 5.75 Å². The van der Waals surface area contributed by atoms with E-state index in [1.807, 2.05) is 13.8 Å². The largest absolute Gasteiger partial charge is 0.506 e. The predicted octanol–water partition coefficient (Wildman–Crippen LogP) is 3.61. The van der Waals surface area contributed by atoms with E-state index in [4.69, 9.17) is 11.6 Å². The van der Waals surface area contributed by atoms with Crippen molar-refractivity contribution in [2.24, 2.45) is 0 Å². The third kappa shape index (κ3) is 1.97. The van der Waals surface area contributed by atoms with Crippen molar-refractivity contribution in [3.8, 4) is 5.75 Å². The van der Waals surface area contributed by atoms with Crippen molar-refractivity contribution >= 4 is 11.6 Å². The summed E-state index contributed by atoms with van der Waals surface area (Å²) in [5.74, 6) is 0.191. The van der Waals surface area contributed by atoms with Gasteiger partial charge in [-0.15, -0.1) is 0 Å². The van der Waals surface area contributed by atoms with Gasteiger partial charge in [0.2, 0.25) is 0 Å². The van der Waals surface area contributed by atoms with Crippen LogP contribution in [0.25, 0.3) is 0 Å². The fourth-order valence-corrected chi connectivity index (χ4v) is 1.78. The summed E-state index contributed by atoms with van der Waals surface area (Å²) >= 11 is 5.94. The molecule has 0 unspecified atom stereocenters. The minimum Gasteiger partial charge on any atom is -0.506 e. The SMILES string of the molecule is CCCc1c(C)cc(O)c(Cl)c1C. The Hall–Kier alpha value is -0.690. The van der Waals surface area contributed by atoms with E-state index in [9.17, 15) is 5.11 Å². The second kappa shape index (κ2) is 4.01. The van der Waals surface area contributed by atoms with E-state index < -0.39 is 0 Å². The lowest BCUT2D eigenvalue weighted by molar-refractivity contribution is 0.474. The smallest absolute Gasteiger partial charge is 0.134 e. The highest BCUT2D eigenvalue weighted by molar-refractivity contribution is 6.32. The standard InChI is InChI=1S/C11H15ClO/c1-4-5-9-7(2)6-10(13)11(12)8(9)3/h6,13H,4-5H2,1-3H3. The lowest BCUT2D eigenvalue weighted by Gasteiger charge is -2.11. The highest BCUT2D eigenvalue weighted by atomic mass is 35.5. The second-order valence-corrected chi connectivity index (χ2v) is 3.76. The third-order valence-electron chi connectivity index (χ3n) is 2.34. The average molecular weight is 199 g/mol. The van der Waals surface area contributed by atoms with Crippen LogP contribution in [-0.2, 0) is 6.42 Å². The quantitative estimate of drug-likeness (QED) is 0.770. The van der Waals surface area contributed by atoms with Gasteiger partial charge in [-0.05, 0) is 43.0 Å². The number of hydrogen-bond acceptors (Lipinski definition) is 1. The normalized spacial score (nSPS) is 10.5. The van der Waals surface area contributed by atoms with E-state index in [-0.39, 0.29) is 5.75 Å². The van der Waals surface area contributed by atoms with Gasteiger partial charge in [-0.1, -0.05) is 24.9 Å². The van der Waals surface area contributed by atoms with Crippen molar-refractivity contribution < 1.29 is 5.11 Å². The number of phenols is 1. The fourth-order valence-electron chi connectivity index (χ4n) is 1.61. The minimum absolute atomic E-state index is 0.191.